The van der Waals surface area contributed by atoms with Crippen LogP contribution in [0.4, 0.5) is 0 Å². The number of nitrogens with zero attached hydrogens (tertiary/aromatic N) is 2. The lowest BCUT2D eigenvalue weighted by Crippen LogP contribution is -2.44. The summed E-state index contributed by atoms with van der Waals surface area (Å²) in [5.41, 5.74) is 5.71. The summed E-state index contributed by atoms with van der Waals surface area (Å²) in [6.45, 7) is 0.359. The van der Waals surface area contributed by atoms with Crippen molar-refractivity contribution in [3.63, 3.8) is 0 Å². The monoisotopic (exact) mass is 373 g/mol. The van der Waals surface area contributed by atoms with Crippen molar-refractivity contribution in [3.8, 4) is 5.75 Å². The minimum atomic E-state index is -3.19. The fraction of sp³-hybridized carbons (Fsp3) is 0.467. The Hall–Kier alpha value is -1.64. The van der Waals surface area contributed by atoms with E-state index in [-0.39, 0.29) is 17.3 Å². The Kier molecular flexibility index (Phi) is 5.52. The molecule has 2 N–H and O–H groups in total. The molecule has 132 valence electrons. The van der Waals surface area contributed by atoms with Gasteiger partial charge in [0.05, 0.1) is 23.5 Å². The minimum absolute atomic E-state index is 0. The first-order valence-electron chi connectivity index (χ1n) is 7.42. The van der Waals surface area contributed by atoms with Gasteiger partial charge in [-0.15, -0.1) is 12.4 Å². The van der Waals surface area contributed by atoms with E-state index in [1.54, 1.807) is 12.1 Å². The topological polar surface area (TPSA) is 108 Å². The zero-order chi connectivity index (χ0) is 16.5. The first-order valence-corrected chi connectivity index (χ1v) is 9.31. The van der Waals surface area contributed by atoms with E-state index in [0.29, 0.717) is 30.5 Å². The molecule has 1 aliphatic rings. The summed E-state index contributed by atoms with van der Waals surface area (Å²) in [6.07, 6.45) is 4.50. The third-order valence-electron chi connectivity index (χ3n) is 4.00. The van der Waals surface area contributed by atoms with Gasteiger partial charge in [-0.3, -0.25) is 0 Å². The largest absolute Gasteiger partial charge is 0.493 e. The van der Waals surface area contributed by atoms with Gasteiger partial charge < -0.3 is 15.0 Å². The van der Waals surface area contributed by atoms with Crippen LogP contribution in [0.3, 0.4) is 0 Å². The first-order chi connectivity index (χ1) is 10.9. The zero-order valence-electron chi connectivity index (χ0n) is 13.3. The molecule has 1 aromatic heterocycles. The lowest BCUT2D eigenvalue weighted by molar-refractivity contribution is 0.228. The highest BCUT2D eigenvalue weighted by Gasteiger charge is 2.38. The van der Waals surface area contributed by atoms with Gasteiger partial charge in [-0.2, -0.15) is 4.98 Å². The molecule has 0 atom stereocenters. The summed E-state index contributed by atoms with van der Waals surface area (Å²) >= 11 is 0. The van der Waals surface area contributed by atoms with E-state index in [9.17, 15) is 8.42 Å². The number of sulfone groups is 1. The van der Waals surface area contributed by atoms with Crippen molar-refractivity contribution in [1.29, 1.82) is 0 Å². The molecule has 3 rings (SSSR count). The number of nitrogens with two attached hydrogens (primary N) is 1. The van der Waals surface area contributed by atoms with Gasteiger partial charge in [-0.1, -0.05) is 5.16 Å². The normalized spacial score (nSPS) is 16.1. The molecule has 0 aliphatic heterocycles. The SMILES string of the molecule is CS(=O)(=O)c1ccc(OCCc2nc(C3(N)CCC3)no2)cc1.Cl. The number of benzene rings is 1. The van der Waals surface area contributed by atoms with E-state index in [1.165, 1.54) is 18.4 Å². The summed E-state index contributed by atoms with van der Waals surface area (Å²) in [4.78, 5) is 4.58. The molecule has 1 aromatic carbocycles. The predicted octanol–water partition coefficient (Wildman–Crippen LogP) is 1.85. The fourth-order valence-corrected chi connectivity index (χ4v) is 3.01. The van der Waals surface area contributed by atoms with E-state index in [4.69, 9.17) is 15.0 Å². The number of hydrogen-bond acceptors (Lipinski definition) is 7. The molecule has 0 amide bonds. The second kappa shape index (κ2) is 7.08. The highest BCUT2D eigenvalue weighted by atomic mass is 35.5. The molecule has 1 heterocycles. The molecular formula is C15H20ClN3O4S. The van der Waals surface area contributed by atoms with E-state index >= 15 is 0 Å². The summed E-state index contributed by atoms with van der Waals surface area (Å²) in [7, 11) is -3.19. The first kappa shape index (κ1) is 18.7. The maximum absolute atomic E-state index is 11.4. The number of aromatic nitrogens is 2. The molecular weight excluding hydrogens is 354 g/mol. The Morgan fingerprint density at radius 2 is 1.96 bits per heavy atom. The molecule has 2 aromatic rings. The van der Waals surface area contributed by atoms with Crippen LogP contribution in [0, 0.1) is 0 Å². The average Bonchev–Trinajstić information content (AvgIpc) is 2.93. The highest BCUT2D eigenvalue weighted by Crippen LogP contribution is 2.36. The number of ether oxygens (including phenoxy) is 1. The van der Waals surface area contributed by atoms with Crippen LogP contribution >= 0.6 is 12.4 Å². The van der Waals surface area contributed by atoms with Crippen LogP contribution in [0.1, 0.15) is 31.0 Å². The van der Waals surface area contributed by atoms with Crippen LogP contribution in [0.15, 0.2) is 33.7 Å². The van der Waals surface area contributed by atoms with Gasteiger partial charge in [0.1, 0.15) is 5.75 Å². The highest BCUT2D eigenvalue weighted by molar-refractivity contribution is 7.90. The summed E-state index contributed by atoms with van der Waals surface area (Å²) in [5, 5.41) is 3.94. The van der Waals surface area contributed by atoms with Crippen LogP contribution < -0.4 is 10.5 Å². The van der Waals surface area contributed by atoms with Crippen molar-refractivity contribution in [1.82, 2.24) is 10.1 Å². The van der Waals surface area contributed by atoms with Crippen molar-refractivity contribution in [3.05, 3.63) is 36.0 Å². The summed E-state index contributed by atoms with van der Waals surface area (Å²) in [5.74, 6) is 1.65. The quantitative estimate of drug-likeness (QED) is 0.822. The van der Waals surface area contributed by atoms with Gasteiger partial charge in [0, 0.05) is 6.26 Å². The van der Waals surface area contributed by atoms with E-state index in [2.05, 4.69) is 10.1 Å². The van der Waals surface area contributed by atoms with Crippen LogP contribution in [-0.4, -0.2) is 31.4 Å². The van der Waals surface area contributed by atoms with Crippen molar-refractivity contribution in [2.45, 2.75) is 36.1 Å². The predicted molar refractivity (Wildman–Crippen MR) is 90.0 cm³/mol. The summed E-state index contributed by atoms with van der Waals surface area (Å²) in [6, 6.07) is 6.28. The number of halogens is 1. The van der Waals surface area contributed by atoms with Gasteiger partial charge in [0.2, 0.25) is 5.89 Å². The molecule has 24 heavy (non-hydrogen) atoms. The fourth-order valence-electron chi connectivity index (χ4n) is 2.38. The third-order valence-corrected chi connectivity index (χ3v) is 5.12. The van der Waals surface area contributed by atoms with Crippen molar-refractivity contribution in [2.24, 2.45) is 5.73 Å². The number of rotatable bonds is 6. The molecule has 0 spiro atoms. The Bertz CT molecular complexity index is 785. The number of hydrogen-bond donors (Lipinski definition) is 1. The van der Waals surface area contributed by atoms with Crippen molar-refractivity contribution in [2.75, 3.05) is 12.9 Å². The second-order valence-electron chi connectivity index (χ2n) is 5.86. The Balaban J connectivity index is 0.00000208. The molecule has 1 aliphatic carbocycles. The van der Waals surface area contributed by atoms with Crippen LogP contribution in [0.25, 0.3) is 0 Å². The van der Waals surface area contributed by atoms with Crippen LogP contribution in [0.5, 0.6) is 5.75 Å². The maximum atomic E-state index is 11.4. The Labute approximate surface area is 146 Å². The molecule has 0 saturated heterocycles. The molecule has 0 bridgehead atoms. The van der Waals surface area contributed by atoms with Gasteiger partial charge in [-0.25, -0.2) is 8.42 Å². The molecule has 9 heteroatoms. The van der Waals surface area contributed by atoms with Crippen molar-refractivity contribution >= 4 is 22.2 Å². The van der Waals surface area contributed by atoms with Gasteiger partial charge in [0.15, 0.2) is 15.7 Å². The zero-order valence-corrected chi connectivity index (χ0v) is 14.9. The van der Waals surface area contributed by atoms with E-state index in [0.717, 1.165) is 19.3 Å². The molecule has 1 fully saturated rings. The summed E-state index contributed by atoms with van der Waals surface area (Å²) < 4.78 is 33.5. The maximum Gasteiger partial charge on any atom is 0.230 e. The van der Waals surface area contributed by atoms with Crippen LogP contribution in [-0.2, 0) is 21.8 Å². The van der Waals surface area contributed by atoms with Crippen LogP contribution in [0.2, 0.25) is 0 Å². The standard InChI is InChI=1S/C15H19N3O4S.ClH/c1-23(19,20)12-5-3-11(4-6-12)21-10-7-13-17-14(18-22-13)15(16)8-2-9-15;/h3-6H,2,7-10,16H2,1H3;1H. The lowest BCUT2D eigenvalue weighted by Gasteiger charge is -2.34. The Morgan fingerprint density at radius 3 is 2.50 bits per heavy atom. The molecule has 7 nitrogen and oxygen atoms in total. The minimum Gasteiger partial charge on any atom is -0.493 e. The second-order valence-corrected chi connectivity index (χ2v) is 7.88. The third kappa shape index (κ3) is 4.06. The molecule has 0 unspecified atom stereocenters. The van der Waals surface area contributed by atoms with Gasteiger partial charge in [0.25, 0.3) is 0 Å². The average molecular weight is 374 g/mol. The van der Waals surface area contributed by atoms with E-state index in [1.807, 2.05) is 0 Å². The smallest absolute Gasteiger partial charge is 0.230 e. The molecule has 0 radical (unpaired) electrons. The van der Waals surface area contributed by atoms with Gasteiger partial charge in [-0.05, 0) is 43.5 Å². The lowest BCUT2D eigenvalue weighted by atomic mass is 9.77. The molecule has 1 saturated carbocycles. The van der Waals surface area contributed by atoms with E-state index < -0.39 is 15.4 Å². The Morgan fingerprint density at radius 1 is 1.29 bits per heavy atom. The van der Waals surface area contributed by atoms with Crippen molar-refractivity contribution < 1.29 is 17.7 Å². The van der Waals surface area contributed by atoms with Gasteiger partial charge >= 0.3 is 0 Å².